The first kappa shape index (κ1) is 33.1. The molecule has 0 unspecified atom stereocenters. The summed E-state index contributed by atoms with van der Waals surface area (Å²) >= 11 is 0. The van der Waals surface area contributed by atoms with E-state index >= 15 is 0 Å². The molecular weight excluding hydrogens is 625 g/mol. The predicted molar refractivity (Wildman–Crippen MR) is 203 cm³/mol. The van der Waals surface area contributed by atoms with Gasteiger partial charge in [0, 0.05) is 71.5 Å². The maximum absolute atomic E-state index is 7.40. The summed E-state index contributed by atoms with van der Waals surface area (Å²) in [7, 11) is 0.765. The molecular formula is C41H48N4O3Si. The molecule has 1 aromatic heterocycles. The Morgan fingerprint density at radius 1 is 0.796 bits per heavy atom. The molecule has 0 spiro atoms. The molecule has 5 aromatic rings. The van der Waals surface area contributed by atoms with Crippen molar-refractivity contribution in [3.05, 3.63) is 115 Å². The van der Waals surface area contributed by atoms with Crippen LogP contribution in [0.5, 0.6) is 11.5 Å². The van der Waals surface area contributed by atoms with E-state index in [1.807, 2.05) is 24.4 Å². The highest BCUT2D eigenvalue weighted by Gasteiger charge is 2.62. The Kier molecular flexibility index (Phi) is 8.90. The fourth-order valence-electron chi connectivity index (χ4n) is 8.32. The van der Waals surface area contributed by atoms with Crippen molar-refractivity contribution in [1.29, 1.82) is 0 Å². The minimum Gasteiger partial charge on any atom is -0.497 e. The molecule has 2 saturated heterocycles. The van der Waals surface area contributed by atoms with Gasteiger partial charge < -0.3 is 29.9 Å². The molecule has 7 nitrogen and oxygen atoms in total. The Morgan fingerprint density at radius 2 is 1.51 bits per heavy atom. The van der Waals surface area contributed by atoms with Gasteiger partial charge in [0.15, 0.2) is 0 Å². The van der Waals surface area contributed by atoms with Crippen LogP contribution in [0.3, 0.4) is 0 Å². The van der Waals surface area contributed by atoms with Gasteiger partial charge in [-0.1, -0.05) is 93.6 Å². The molecule has 2 aliphatic heterocycles. The second-order valence-electron chi connectivity index (χ2n) is 14.9. The van der Waals surface area contributed by atoms with E-state index in [1.165, 1.54) is 10.4 Å². The number of hydrogen-bond donors (Lipinski definition) is 3. The second-order valence-corrected chi connectivity index (χ2v) is 19.2. The van der Waals surface area contributed by atoms with E-state index in [1.54, 1.807) is 14.2 Å². The van der Waals surface area contributed by atoms with Gasteiger partial charge >= 0.3 is 0 Å². The molecule has 2 bridgehead atoms. The molecule has 3 heterocycles. The van der Waals surface area contributed by atoms with Gasteiger partial charge in [-0.2, -0.15) is 0 Å². The van der Waals surface area contributed by atoms with Crippen LogP contribution < -0.4 is 35.8 Å². The molecule has 3 aliphatic rings. The third kappa shape index (κ3) is 6.18. The van der Waals surface area contributed by atoms with Crippen molar-refractivity contribution in [2.75, 3.05) is 44.5 Å². The molecule has 1 saturated carbocycles. The van der Waals surface area contributed by atoms with Crippen molar-refractivity contribution in [3.8, 4) is 11.5 Å². The molecule has 4 aromatic carbocycles. The Balaban J connectivity index is 1.04. The van der Waals surface area contributed by atoms with E-state index in [0.717, 1.165) is 71.9 Å². The zero-order chi connectivity index (χ0) is 34.1. The number of nitrogens with zero attached hydrogens (tertiary/aromatic N) is 1. The Morgan fingerprint density at radius 3 is 2.16 bits per heavy atom. The number of rotatable bonds is 13. The minimum absolute atomic E-state index is 0.0294. The van der Waals surface area contributed by atoms with Gasteiger partial charge in [0.1, 0.15) is 17.3 Å². The largest absolute Gasteiger partial charge is 0.497 e. The Bertz CT molecular complexity index is 1870. The molecule has 1 aliphatic carbocycles. The van der Waals surface area contributed by atoms with Gasteiger partial charge in [0.25, 0.3) is 8.32 Å². The van der Waals surface area contributed by atoms with Crippen LogP contribution >= 0.6 is 0 Å². The number of benzene rings is 4. The first-order chi connectivity index (χ1) is 23.7. The summed E-state index contributed by atoms with van der Waals surface area (Å²) in [5, 5.41) is 16.2. The highest BCUT2D eigenvalue weighted by Crippen LogP contribution is 2.55. The fraction of sp³-hybridized carbons (Fsp3) is 0.341. The minimum atomic E-state index is -2.58. The third-order valence-electron chi connectivity index (χ3n) is 10.6. The lowest BCUT2D eigenvalue weighted by molar-refractivity contribution is 0.0555. The van der Waals surface area contributed by atoms with Crippen LogP contribution in [0.1, 0.15) is 39.2 Å². The maximum atomic E-state index is 7.40. The van der Waals surface area contributed by atoms with E-state index in [4.69, 9.17) is 18.9 Å². The summed E-state index contributed by atoms with van der Waals surface area (Å²) in [6, 6.07) is 36.3. The van der Waals surface area contributed by atoms with Crippen LogP contribution in [-0.2, 0) is 11.0 Å². The number of anilines is 2. The van der Waals surface area contributed by atoms with E-state index < -0.39 is 8.32 Å². The lowest BCUT2D eigenvalue weighted by Gasteiger charge is -2.50. The van der Waals surface area contributed by atoms with Crippen molar-refractivity contribution < 1.29 is 13.9 Å². The lowest BCUT2D eigenvalue weighted by atomic mass is 9.62. The topological polar surface area (TPSA) is 76.7 Å². The summed E-state index contributed by atoms with van der Waals surface area (Å²) in [5.41, 5.74) is 2.37. The van der Waals surface area contributed by atoms with E-state index in [-0.39, 0.29) is 16.0 Å². The van der Waals surface area contributed by atoms with Crippen LogP contribution in [0.2, 0.25) is 5.04 Å². The average molecular weight is 673 g/mol. The predicted octanol–water partition coefficient (Wildman–Crippen LogP) is 6.97. The quantitative estimate of drug-likeness (QED) is 0.117. The van der Waals surface area contributed by atoms with Crippen LogP contribution in [0.15, 0.2) is 109 Å². The highest BCUT2D eigenvalue weighted by molar-refractivity contribution is 6.99. The normalized spacial score (nSPS) is 20.1. The molecule has 0 atom stereocenters. The van der Waals surface area contributed by atoms with E-state index in [0.29, 0.717) is 6.54 Å². The zero-order valence-electron chi connectivity index (χ0n) is 29.3. The van der Waals surface area contributed by atoms with Gasteiger partial charge in [-0.15, -0.1) is 0 Å². The van der Waals surface area contributed by atoms with Crippen molar-refractivity contribution in [2.24, 2.45) is 5.41 Å². The molecule has 3 fully saturated rings. The molecule has 0 amide bonds. The number of nitrogens with one attached hydrogen (secondary N) is 3. The molecule has 3 N–H and O–H groups in total. The summed E-state index contributed by atoms with van der Waals surface area (Å²) in [6.45, 7) is 10.3. The molecule has 8 heteroatoms. The van der Waals surface area contributed by atoms with Gasteiger partial charge in [-0.3, -0.25) is 0 Å². The van der Waals surface area contributed by atoms with Gasteiger partial charge in [-0.25, -0.2) is 4.98 Å². The number of aromatic nitrogens is 1. The summed E-state index contributed by atoms with van der Waals surface area (Å²) < 4.78 is 18.4. The number of ether oxygens (including phenoxy) is 2. The van der Waals surface area contributed by atoms with Crippen LogP contribution in [0, 0.1) is 5.41 Å². The van der Waals surface area contributed by atoms with E-state index in [9.17, 15) is 0 Å². The van der Waals surface area contributed by atoms with Crippen LogP contribution in [0.25, 0.3) is 10.8 Å². The van der Waals surface area contributed by atoms with Gasteiger partial charge in [-0.05, 0) is 52.5 Å². The smallest absolute Gasteiger partial charge is 0.261 e. The zero-order valence-corrected chi connectivity index (χ0v) is 30.3. The lowest BCUT2D eigenvalue weighted by Crippen LogP contribution is -2.68. The molecule has 0 radical (unpaired) electrons. The van der Waals surface area contributed by atoms with Crippen molar-refractivity contribution in [2.45, 2.75) is 50.7 Å². The number of pyridine rings is 1. The van der Waals surface area contributed by atoms with Crippen molar-refractivity contribution in [1.82, 2.24) is 10.3 Å². The van der Waals surface area contributed by atoms with Crippen molar-refractivity contribution in [3.63, 3.8) is 0 Å². The molecule has 8 rings (SSSR count). The third-order valence-corrected chi connectivity index (χ3v) is 15.6. The average Bonchev–Trinajstić information content (AvgIpc) is 3.66. The first-order valence-corrected chi connectivity index (χ1v) is 19.2. The van der Waals surface area contributed by atoms with Crippen molar-refractivity contribution >= 4 is 41.0 Å². The maximum Gasteiger partial charge on any atom is 0.261 e. The first-order valence-electron chi connectivity index (χ1n) is 17.3. The highest BCUT2D eigenvalue weighted by atomic mass is 28.4. The van der Waals surface area contributed by atoms with Gasteiger partial charge in [0.05, 0.1) is 14.2 Å². The Hall–Kier alpha value is -4.37. The van der Waals surface area contributed by atoms with E-state index in [2.05, 4.69) is 122 Å². The summed E-state index contributed by atoms with van der Waals surface area (Å²) in [4.78, 5) is 4.69. The standard InChI is InChI=1S/C41H48N4O3Si/c1-39(2,3)49(32-13-8-6-9-14-32,33-15-10-7-11-16-33)48-29-40-25-41(26-40,45-27-40)28-44-36-18-12-17-35-34(36)21-22-42-38(35)43-24-30-19-20-31(46-4)23-37(30)47-5/h6-23,44-45H,24-29H2,1-5H3,(H,42,43). The Labute approximate surface area is 291 Å². The SMILES string of the molecule is COc1ccc(CNc2nccc3c(NCC45CC(CO[Si](c6ccccc6)(c6ccccc6)C(C)(C)C)(CN4)C5)cccc23)c(OC)c1. The molecule has 49 heavy (non-hydrogen) atoms. The van der Waals surface area contributed by atoms with Gasteiger partial charge in [0.2, 0.25) is 0 Å². The number of methoxy groups -OCH3 is 2. The monoisotopic (exact) mass is 672 g/mol. The molecule has 254 valence electrons. The second kappa shape index (κ2) is 13.2. The fourth-order valence-corrected chi connectivity index (χ4v) is 13.0. The number of hydrogen-bond acceptors (Lipinski definition) is 7. The van der Waals surface area contributed by atoms with Crippen LogP contribution in [0.4, 0.5) is 11.5 Å². The van der Waals surface area contributed by atoms with Crippen LogP contribution in [-0.4, -0.2) is 52.8 Å². The summed E-state index contributed by atoms with van der Waals surface area (Å²) in [6.07, 6.45) is 4.09. The number of fused-ring (bicyclic) bond motifs is 2. The summed E-state index contributed by atoms with van der Waals surface area (Å²) in [5.74, 6) is 2.40.